The molecule has 1 atom stereocenters. The molecule has 3 aliphatic carbocycles. The summed E-state index contributed by atoms with van der Waals surface area (Å²) in [6.07, 6.45) is 0.951. The summed E-state index contributed by atoms with van der Waals surface area (Å²) in [5.41, 5.74) is 22.8. The Morgan fingerprint density at radius 1 is 0.407 bits per heavy atom. The zero-order chi connectivity index (χ0) is 39.5. The number of anilines is 3. The average Bonchev–Trinajstić information content (AvgIpc) is 3.71. The van der Waals surface area contributed by atoms with Gasteiger partial charge in [0.25, 0.3) is 0 Å². The van der Waals surface area contributed by atoms with Crippen molar-refractivity contribution in [1.29, 1.82) is 0 Å². The third kappa shape index (κ3) is 4.56. The van der Waals surface area contributed by atoms with E-state index in [0.29, 0.717) is 0 Å². The van der Waals surface area contributed by atoms with Crippen LogP contribution in [-0.4, -0.2) is 0 Å². The number of hydrogen-bond donors (Lipinski definition) is 0. The minimum absolute atomic E-state index is 0.198. The highest BCUT2D eigenvalue weighted by Gasteiger charge is 2.51. The number of rotatable bonds is 5. The van der Waals surface area contributed by atoms with Crippen LogP contribution in [-0.2, 0) is 17.3 Å². The molecule has 0 amide bonds. The summed E-state index contributed by atoms with van der Waals surface area (Å²) in [6, 6.07) is 73.2. The van der Waals surface area contributed by atoms with E-state index in [2.05, 4.69) is 220 Å². The van der Waals surface area contributed by atoms with Crippen molar-refractivity contribution >= 4 is 27.8 Å². The second-order valence-electron chi connectivity index (χ2n) is 17.0. The highest BCUT2D eigenvalue weighted by molar-refractivity contribution is 6.08. The van der Waals surface area contributed by atoms with Crippen molar-refractivity contribution in [3.05, 3.63) is 233 Å². The van der Waals surface area contributed by atoms with Gasteiger partial charge in [-0.2, -0.15) is 0 Å². The van der Waals surface area contributed by atoms with Crippen molar-refractivity contribution in [2.24, 2.45) is 0 Å². The first-order valence-electron chi connectivity index (χ1n) is 21.1. The van der Waals surface area contributed by atoms with Crippen molar-refractivity contribution in [3.63, 3.8) is 0 Å². The Bertz CT molecular complexity index is 3170. The van der Waals surface area contributed by atoms with E-state index in [9.17, 15) is 0 Å². The SMILES string of the molecule is CCc1ccc2cccc3c2c1C1(c2ccccc2-c2ccc(N(c4ccc(-c5ccccc5)cc4)c4cccc5c4C(C)(C)c4ccccc4-5)cc21)c1ccccc1-3. The molecular weight excluding hydrogens is 711 g/mol. The van der Waals surface area contributed by atoms with E-state index >= 15 is 0 Å². The molecule has 280 valence electrons. The largest absolute Gasteiger partial charge is 0.310 e. The monoisotopic (exact) mass is 753 g/mol. The van der Waals surface area contributed by atoms with Crippen LogP contribution in [0.3, 0.4) is 0 Å². The van der Waals surface area contributed by atoms with Gasteiger partial charge in [-0.25, -0.2) is 0 Å². The van der Waals surface area contributed by atoms with E-state index in [1.54, 1.807) is 0 Å². The average molecular weight is 754 g/mol. The van der Waals surface area contributed by atoms with Crippen LogP contribution in [0.25, 0.3) is 55.3 Å². The van der Waals surface area contributed by atoms with Crippen LogP contribution >= 0.6 is 0 Å². The van der Waals surface area contributed by atoms with Crippen molar-refractivity contribution in [3.8, 4) is 44.5 Å². The molecule has 59 heavy (non-hydrogen) atoms. The van der Waals surface area contributed by atoms with E-state index in [0.717, 1.165) is 17.8 Å². The van der Waals surface area contributed by atoms with Gasteiger partial charge in [0, 0.05) is 16.8 Å². The maximum absolute atomic E-state index is 2.55. The topological polar surface area (TPSA) is 3.24 Å². The minimum atomic E-state index is -0.505. The Labute approximate surface area is 346 Å². The number of fused-ring (bicyclic) bond motifs is 12. The normalized spacial score (nSPS) is 16.0. The first-order valence-corrected chi connectivity index (χ1v) is 21.1. The summed E-state index contributed by atoms with van der Waals surface area (Å²) in [7, 11) is 0. The molecule has 0 heterocycles. The Kier molecular flexibility index (Phi) is 7.24. The molecule has 1 unspecified atom stereocenters. The molecule has 0 aliphatic heterocycles. The molecule has 9 aromatic rings. The van der Waals surface area contributed by atoms with Crippen LogP contribution in [0.2, 0.25) is 0 Å². The van der Waals surface area contributed by atoms with Gasteiger partial charge in [-0.1, -0.05) is 185 Å². The predicted octanol–water partition coefficient (Wildman–Crippen LogP) is 15.2. The summed E-state index contributed by atoms with van der Waals surface area (Å²) in [4.78, 5) is 2.54. The number of nitrogens with zero attached hydrogens (tertiary/aromatic N) is 1. The highest BCUT2D eigenvalue weighted by atomic mass is 15.1. The lowest BCUT2D eigenvalue weighted by atomic mass is 9.60. The maximum Gasteiger partial charge on any atom is 0.0729 e. The fourth-order valence-corrected chi connectivity index (χ4v) is 11.4. The Hall–Kier alpha value is -6.96. The molecule has 12 rings (SSSR count). The molecule has 0 fully saturated rings. The molecule has 0 aromatic heterocycles. The molecule has 1 spiro atoms. The third-order valence-corrected chi connectivity index (χ3v) is 13.8. The van der Waals surface area contributed by atoms with Gasteiger partial charge in [0.1, 0.15) is 0 Å². The van der Waals surface area contributed by atoms with Crippen molar-refractivity contribution in [2.75, 3.05) is 4.90 Å². The molecule has 1 heteroatoms. The number of hydrogen-bond acceptors (Lipinski definition) is 1. The number of benzene rings is 9. The van der Waals surface area contributed by atoms with Crippen molar-refractivity contribution in [2.45, 2.75) is 38.0 Å². The van der Waals surface area contributed by atoms with Crippen LogP contribution in [0.5, 0.6) is 0 Å². The summed E-state index contributed by atoms with van der Waals surface area (Å²) < 4.78 is 0. The molecule has 0 radical (unpaired) electrons. The molecule has 0 saturated heterocycles. The van der Waals surface area contributed by atoms with Crippen LogP contribution in [0.4, 0.5) is 17.1 Å². The van der Waals surface area contributed by atoms with Gasteiger partial charge in [0.05, 0.1) is 11.1 Å². The smallest absolute Gasteiger partial charge is 0.0729 e. The Morgan fingerprint density at radius 3 is 1.69 bits per heavy atom. The first kappa shape index (κ1) is 34.1. The van der Waals surface area contributed by atoms with Gasteiger partial charge in [0.15, 0.2) is 0 Å². The van der Waals surface area contributed by atoms with Gasteiger partial charge in [-0.3, -0.25) is 0 Å². The summed E-state index contributed by atoms with van der Waals surface area (Å²) in [6.45, 7) is 7.12. The third-order valence-electron chi connectivity index (χ3n) is 13.8. The highest BCUT2D eigenvalue weighted by Crippen LogP contribution is 2.63. The zero-order valence-electron chi connectivity index (χ0n) is 33.6. The van der Waals surface area contributed by atoms with Crippen LogP contribution in [0.15, 0.2) is 194 Å². The van der Waals surface area contributed by atoms with Gasteiger partial charge < -0.3 is 4.90 Å². The first-order chi connectivity index (χ1) is 29.0. The van der Waals surface area contributed by atoms with Gasteiger partial charge in [-0.05, 0) is 131 Å². The number of aryl methyl sites for hydroxylation is 1. The lowest BCUT2D eigenvalue weighted by molar-refractivity contribution is 0.661. The van der Waals surface area contributed by atoms with E-state index in [1.807, 2.05) is 0 Å². The van der Waals surface area contributed by atoms with E-state index in [-0.39, 0.29) is 5.41 Å². The van der Waals surface area contributed by atoms with Gasteiger partial charge in [0.2, 0.25) is 0 Å². The fraction of sp³-hybridized carbons (Fsp3) is 0.103. The van der Waals surface area contributed by atoms with Crippen LogP contribution in [0.1, 0.15) is 59.7 Å². The minimum Gasteiger partial charge on any atom is -0.310 e. The fourth-order valence-electron chi connectivity index (χ4n) is 11.4. The van der Waals surface area contributed by atoms with Gasteiger partial charge >= 0.3 is 0 Å². The second kappa shape index (κ2) is 12.5. The summed E-state index contributed by atoms with van der Waals surface area (Å²) >= 11 is 0. The maximum atomic E-state index is 2.55. The van der Waals surface area contributed by atoms with E-state index in [4.69, 9.17) is 0 Å². The molecule has 3 aliphatic rings. The van der Waals surface area contributed by atoms with Crippen LogP contribution < -0.4 is 4.90 Å². The van der Waals surface area contributed by atoms with Crippen molar-refractivity contribution < 1.29 is 0 Å². The van der Waals surface area contributed by atoms with Crippen LogP contribution in [0, 0.1) is 0 Å². The standard InChI is InChI=1S/C58H43N/c1-4-37-28-29-40-18-14-22-47-44-20-10-13-26-51(44)58(55(37)54(40)47)50-25-12-9-19-43(50)46-35-34-42(36-52(46)58)59(41-32-30-39(31-33-41)38-16-6-5-7-17-38)53-27-15-23-48-45-21-8-11-24-49(45)57(2,3)56(48)53/h5-36H,4H2,1-3H3. The van der Waals surface area contributed by atoms with Crippen molar-refractivity contribution in [1.82, 2.24) is 0 Å². The lowest BCUT2D eigenvalue weighted by Crippen LogP contribution is -2.33. The quantitative estimate of drug-likeness (QED) is 0.169. The second-order valence-corrected chi connectivity index (χ2v) is 17.0. The van der Waals surface area contributed by atoms with Gasteiger partial charge in [-0.15, -0.1) is 0 Å². The molecular formula is C58H43N. The summed E-state index contributed by atoms with van der Waals surface area (Å²) in [5, 5.41) is 2.68. The molecule has 0 N–H and O–H groups in total. The zero-order valence-corrected chi connectivity index (χ0v) is 33.6. The Balaban J connectivity index is 1.17. The summed E-state index contributed by atoms with van der Waals surface area (Å²) in [5.74, 6) is 0. The van der Waals surface area contributed by atoms with E-state index < -0.39 is 5.41 Å². The predicted molar refractivity (Wildman–Crippen MR) is 247 cm³/mol. The Morgan fingerprint density at radius 2 is 0.966 bits per heavy atom. The molecule has 0 saturated carbocycles. The molecule has 0 bridgehead atoms. The molecule has 1 nitrogen and oxygen atoms in total. The van der Waals surface area contributed by atoms with E-state index in [1.165, 1.54) is 99.9 Å². The lowest BCUT2D eigenvalue weighted by Gasteiger charge is -2.41. The molecule has 9 aromatic carbocycles.